The van der Waals surface area contributed by atoms with Crippen LogP contribution in [0.15, 0.2) is 42.5 Å². The molecular formula is C22H24ClN3O3. The van der Waals surface area contributed by atoms with Crippen LogP contribution < -0.4 is 15.5 Å². The van der Waals surface area contributed by atoms with E-state index >= 15 is 0 Å². The van der Waals surface area contributed by atoms with Crippen LogP contribution >= 0.6 is 11.6 Å². The number of fused-ring (bicyclic) bond motifs is 1. The van der Waals surface area contributed by atoms with E-state index < -0.39 is 6.17 Å². The van der Waals surface area contributed by atoms with Crippen molar-refractivity contribution >= 4 is 29.1 Å². The maximum Gasteiger partial charge on any atom is 0.276 e. The maximum absolute atomic E-state index is 13.3. The van der Waals surface area contributed by atoms with E-state index in [9.17, 15) is 9.59 Å². The molecule has 7 heteroatoms. The largest absolute Gasteiger partial charge is 0.497 e. The standard InChI is InChI=1S/C22H24ClN3O3/c1-29-17-10-7-14(8-11-17)20-24-19-12-9-16(23)13-18(19)22(28)26(20)25-21(27)15-5-3-2-4-6-15/h7-13,15,20,24H,2-6H2,1H3,(H,25,27). The summed E-state index contributed by atoms with van der Waals surface area (Å²) in [4.78, 5) is 26.2. The van der Waals surface area contributed by atoms with Gasteiger partial charge in [0.2, 0.25) is 5.91 Å². The van der Waals surface area contributed by atoms with Crippen LogP contribution in [0.2, 0.25) is 5.02 Å². The highest BCUT2D eigenvalue weighted by atomic mass is 35.5. The van der Waals surface area contributed by atoms with Crippen LogP contribution in [0.5, 0.6) is 5.75 Å². The predicted molar refractivity (Wildman–Crippen MR) is 112 cm³/mol. The monoisotopic (exact) mass is 413 g/mol. The van der Waals surface area contributed by atoms with Crippen LogP contribution in [0.1, 0.15) is 54.2 Å². The first-order valence-corrected chi connectivity index (χ1v) is 10.3. The van der Waals surface area contributed by atoms with Gasteiger partial charge in [-0.1, -0.05) is 43.0 Å². The number of carbonyl (C=O) groups excluding carboxylic acids is 2. The van der Waals surface area contributed by atoms with Gasteiger partial charge in [0.05, 0.1) is 12.7 Å². The van der Waals surface area contributed by atoms with E-state index in [-0.39, 0.29) is 17.7 Å². The zero-order chi connectivity index (χ0) is 20.4. The number of methoxy groups -OCH3 is 1. The lowest BCUT2D eigenvalue weighted by atomic mass is 9.89. The van der Waals surface area contributed by atoms with Crippen molar-refractivity contribution in [1.82, 2.24) is 10.4 Å². The average Bonchev–Trinajstić information content (AvgIpc) is 2.76. The minimum atomic E-state index is -0.533. The molecule has 1 heterocycles. The first-order valence-electron chi connectivity index (χ1n) is 9.91. The van der Waals surface area contributed by atoms with Gasteiger partial charge in [-0.2, -0.15) is 0 Å². The molecule has 1 unspecified atom stereocenters. The highest BCUT2D eigenvalue weighted by Gasteiger charge is 2.36. The number of ether oxygens (including phenoxy) is 1. The summed E-state index contributed by atoms with van der Waals surface area (Å²) in [6, 6.07) is 12.6. The molecule has 0 bridgehead atoms. The molecule has 1 aliphatic carbocycles. The number of carbonyl (C=O) groups is 2. The lowest BCUT2D eigenvalue weighted by molar-refractivity contribution is -0.130. The van der Waals surface area contributed by atoms with E-state index in [1.165, 1.54) is 5.01 Å². The molecule has 1 saturated carbocycles. The van der Waals surface area contributed by atoms with Crippen LogP contribution in [-0.2, 0) is 4.79 Å². The number of hydrazine groups is 1. The van der Waals surface area contributed by atoms with Gasteiger partial charge in [-0.15, -0.1) is 0 Å². The third kappa shape index (κ3) is 4.03. The second-order valence-electron chi connectivity index (χ2n) is 7.50. The van der Waals surface area contributed by atoms with Gasteiger partial charge in [0.1, 0.15) is 11.9 Å². The fourth-order valence-corrected chi connectivity index (χ4v) is 4.16. The molecule has 152 valence electrons. The number of hydrogen-bond acceptors (Lipinski definition) is 4. The topological polar surface area (TPSA) is 70.7 Å². The van der Waals surface area contributed by atoms with Crippen molar-refractivity contribution < 1.29 is 14.3 Å². The molecule has 0 saturated heterocycles. The number of anilines is 1. The number of halogens is 1. The van der Waals surface area contributed by atoms with Crippen molar-refractivity contribution in [3.8, 4) is 5.75 Å². The molecule has 6 nitrogen and oxygen atoms in total. The molecule has 0 spiro atoms. The summed E-state index contributed by atoms with van der Waals surface area (Å²) in [7, 11) is 1.61. The smallest absolute Gasteiger partial charge is 0.276 e. The highest BCUT2D eigenvalue weighted by molar-refractivity contribution is 6.31. The third-order valence-corrected chi connectivity index (χ3v) is 5.85. The number of amides is 2. The average molecular weight is 414 g/mol. The Balaban J connectivity index is 1.66. The van der Waals surface area contributed by atoms with Gasteiger partial charge in [-0.05, 0) is 48.7 Å². The van der Waals surface area contributed by atoms with Gasteiger partial charge < -0.3 is 10.1 Å². The van der Waals surface area contributed by atoms with Crippen molar-refractivity contribution in [3.05, 3.63) is 58.6 Å². The quantitative estimate of drug-likeness (QED) is 0.772. The molecule has 4 rings (SSSR count). The van der Waals surface area contributed by atoms with Gasteiger partial charge in [-0.25, -0.2) is 5.01 Å². The lowest BCUT2D eigenvalue weighted by Crippen LogP contribution is -2.54. The van der Waals surface area contributed by atoms with Gasteiger partial charge >= 0.3 is 0 Å². The Kier molecular flexibility index (Phi) is 5.62. The van der Waals surface area contributed by atoms with Crippen LogP contribution in [0.3, 0.4) is 0 Å². The molecule has 2 N–H and O–H groups in total. The number of rotatable bonds is 4. The molecule has 1 fully saturated rings. The summed E-state index contributed by atoms with van der Waals surface area (Å²) < 4.78 is 5.23. The molecule has 0 aromatic heterocycles. The Hall–Kier alpha value is -2.73. The molecule has 2 amide bonds. The van der Waals surface area contributed by atoms with Gasteiger partial charge in [0, 0.05) is 16.6 Å². The molecule has 2 aliphatic rings. The fourth-order valence-electron chi connectivity index (χ4n) is 3.99. The summed E-state index contributed by atoms with van der Waals surface area (Å²) in [5, 5.41) is 5.22. The normalized spacial score (nSPS) is 19.3. The lowest BCUT2D eigenvalue weighted by Gasteiger charge is -2.38. The Labute approximate surface area is 175 Å². The second kappa shape index (κ2) is 8.33. The molecule has 1 aliphatic heterocycles. The van der Waals surface area contributed by atoms with Crippen LogP contribution in [0.4, 0.5) is 5.69 Å². The minimum Gasteiger partial charge on any atom is -0.497 e. The number of nitrogens with one attached hydrogen (secondary N) is 2. The van der Waals surface area contributed by atoms with Crippen molar-refractivity contribution in [2.24, 2.45) is 5.92 Å². The summed E-state index contributed by atoms with van der Waals surface area (Å²) in [6.45, 7) is 0. The fraction of sp³-hybridized carbons (Fsp3) is 0.364. The molecule has 0 radical (unpaired) electrons. The van der Waals surface area contributed by atoms with E-state index in [1.54, 1.807) is 25.3 Å². The Bertz CT molecular complexity index is 910. The summed E-state index contributed by atoms with van der Waals surface area (Å²) >= 11 is 6.10. The first kappa shape index (κ1) is 19.6. The Morgan fingerprint density at radius 1 is 1.14 bits per heavy atom. The molecular weight excluding hydrogens is 390 g/mol. The minimum absolute atomic E-state index is 0.0613. The summed E-state index contributed by atoms with van der Waals surface area (Å²) in [5.41, 5.74) is 4.84. The van der Waals surface area contributed by atoms with Crippen molar-refractivity contribution in [2.45, 2.75) is 38.3 Å². The summed E-state index contributed by atoms with van der Waals surface area (Å²) in [5.74, 6) is 0.268. The van der Waals surface area contributed by atoms with E-state index in [0.29, 0.717) is 16.3 Å². The molecule has 1 atom stereocenters. The maximum atomic E-state index is 13.3. The van der Waals surface area contributed by atoms with Crippen molar-refractivity contribution in [1.29, 1.82) is 0 Å². The predicted octanol–water partition coefficient (Wildman–Crippen LogP) is 4.53. The van der Waals surface area contributed by atoms with E-state index in [2.05, 4.69) is 10.7 Å². The first-order chi connectivity index (χ1) is 14.1. The van der Waals surface area contributed by atoms with Crippen LogP contribution in [0.25, 0.3) is 0 Å². The zero-order valence-electron chi connectivity index (χ0n) is 16.3. The van der Waals surface area contributed by atoms with Crippen molar-refractivity contribution in [2.75, 3.05) is 12.4 Å². The number of benzene rings is 2. The molecule has 29 heavy (non-hydrogen) atoms. The third-order valence-electron chi connectivity index (χ3n) is 5.62. The van der Waals surface area contributed by atoms with Gasteiger partial charge in [0.15, 0.2) is 0 Å². The number of nitrogens with zero attached hydrogens (tertiary/aromatic N) is 1. The molecule has 2 aromatic rings. The highest BCUT2D eigenvalue weighted by Crippen LogP contribution is 2.34. The van der Waals surface area contributed by atoms with E-state index in [4.69, 9.17) is 16.3 Å². The van der Waals surface area contributed by atoms with Gasteiger partial charge in [0.25, 0.3) is 5.91 Å². The summed E-state index contributed by atoms with van der Waals surface area (Å²) in [6.07, 6.45) is 4.44. The SMILES string of the molecule is COc1ccc(C2Nc3ccc(Cl)cc3C(=O)N2NC(=O)C2CCCCC2)cc1. The zero-order valence-corrected chi connectivity index (χ0v) is 17.0. The van der Waals surface area contributed by atoms with Crippen LogP contribution in [-0.4, -0.2) is 23.9 Å². The molecule has 2 aromatic carbocycles. The van der Waals surface area contributed by atoms with E-state index in [0.717, 1.165) is 43.4 Å². The van der Waals surface area contributed by atoms with Crippen molar-refractivity contribution in [3.63, 3.8) is 0 Å². The van der Waals surface area contributed by atoms with E-state index in [1.807, 2.05) is 24.3 Å². The number of hydrogen-bond donors (Lipinski definition) is 2. The Morgan fingerprint density at radius 2 is 1.86 bits per heavy atom. The van der Waals surface area contributed by atoms with Crippen LogP contribution in [0, 0.1) is 5.92 Å². The Morgan fingerprint density at radius 3 is 2.55 bits per heavy atom. The van der Waals surface area contributed by atoms with Gasteiger partial charge in [-0.3, -0.25) is 15.0 Å². The second-order valence-corrected chi connectivity index (χ2v) is 7.93.